The number of halogens is 1. The van der Waals surface area contributed by atoms with Crippen molar-refractivity contribution in [2.45, 2.75) is 24.9 Å². The summed E-state index contributed by atoms with van der Waals surface area (Å²) >= 11 is 0. The van der Waals surface area contributed by atoms with E-state index in [4.69, 9.17) is 10.5 Å². The fourth-order valence-electron chi connectivity index (χ4n) is 3.34. The van der Waals surface area contributed by atoms with Crippen LogP contribution in [-0.2, 0) is 0 Å². The third-order valence-corrected chi connectivity index (χ3v) is 4.75. The van der Waals surface area contributed by atoms with E-state index in [-0.39, 0.29) is 18.4 Å². The van der Waals surface area contributed by atoms with Crippen LogP contribution in [0.25, 0.3) is 0 Å². The normalized spacial score (nSPS) is 22.4. The smallest absolute Gasteiger partial charge is 0.119 e. The second-order valence-corrected chi connectivity index (χ2v) is 6.09. The fourth-order valence-corrected chi connectivity index (χ4v) is 3.34. The van der Waals surface area contributed by atoms with E-state index in [1.165, 1.54) is 11.1 Å². The first-order valence-corrected chi connectivity index (χ1v) is 7.87. The molecule has 2 aromatic rings. The molecule has 0 bridgehead atoms. The highest BCUT2D eigenvalue weighted by Crippen LogP contribution is 2.33. The van der Waals surface area contributed by atoms with Gasteiger partial charge in [-0.3, -0.25) is 4.90 Å². The molecule has 0 aromatic heterocycles. The first-order chi connectivity index (χ1) is 10.7. The number of methoxy groups -OCH3 is 1. The van der Waals surface area contributed by atoms with Crippen molar-refractivity contribution in [2.75, 3.05) is 20.2 Å². The van der Waals surface area contributed by atoms with Gasteiger partial charge in [-0.2, -0.15) is 0 Å². The summed E-state index contributed by atoms with van der Waals surface area (Å²) in [6.07, 6.45) is 0. The third-order valence-electron chi connectivity index (χ3n) is 4.75. The van der Waals surface area contributed by atoms with E-state index in [1.807, 2.05) is 6.07 Å². The molecule has 1 saturated heterocycles. The Morgan fingerprint density at radius 1 is 1.09 bits per heavy atom. The monoisotopic (exact) mass is 332 g/mol. The molecule has 1 aliphatic heterocycles. The van der Waals surface area contributed by atoms with Crippen LogP contribution in [-0.4, -0.2) is 31.1 Å². The van der Waals surface area contributed by atoms with Crippen molar-refractivity contribution in [2.24, 2.45) is 5.73 Å². The lowest BCUT2D eigenvalue weighted by Crippen LogP contribution is -2.29. The molecule has 23 heavy (non-hydrogen) atoms. The van der Waals surface area contributed by atoms with Crippen LogP contribution in [0.15, 0.2) is 54.6 Å². The number of likely N-dealkylation sites (tertiary alicyclic amines) is 1. The molecule has 3 atom stereocenters. The zero-order valence-electron chi connectivity index (χ0n) is 13.7. The zero-order chi connectivity index (χ0) is 15.5. The summed E-state index contributed by atoms with van der Waals surface area (Å²) in [6.45, 7) is 4.18. The Bertz CT molecular complexity index is 620. The lowest BCUT2D eigenvalue weighted by atomic mass is 9.95. The average molecular weight is 333 g/mol. The highest BCUT2D eigenvalue weighted by molar-refractivity contribution is 5.85. The molecule has 2 N–H and O–H groups in total. The van der Waals surface area contributed by atoms with Gasteiger partial charge in [-0.1, -0.05) is 42.5 Å². The molecule has 1 unspecified atom stereocenters. The summed E-state index contributed by atoms with van der Waals surface area (Å²) in [7, 11) is 1.71. The quantitative estimate of drug-likeness (QED) is 0.929. The number of rotatable bonds is 4. The molecular formula is C19H25ClN2O. The Morgan fingerprint density at radius 3 is 2.52 bits per heavy atom. The largest absolute Gasteiger partial charge is 0.497 e. The predicted octanol–water partition coefficient (Wildman–Crippen LogP) is 3.60. The van der Waals surface area contributed by atoms with Gasteiger partial charge in [0.25, 0.3) is 0 Å². The van der Waals surface area contributed by atoms with Gasteiger partial charge in [0.15, 0.2) is 0 Å². The first kappa shape index (κ1) is 17.8. The fraction of sp³-hybridized carbons (Fsp3) is 0.368. The Balaban J connectivity index is 0.00000192. The van der Waals surface area contributed by atoms with E-state index in [0.29, 0.717) is 12.0 Å². The molecule has 1 heterocycles. The van der Waals surface area contributed by atoms with Gasteiger partial charge in [0.2, 0.25) is 0 Å². The molecule has 4 heteroatoms. The van der Waals surface area contributed by atoms with Gasteiger partial charge < -0.3 is 10.5 Å². The van der Waals surface area contributed by atoms with Gasteiger partial charge in [0.1, 0.15) is 5.75 Å². The number of hydrogen-bond acceptors (Lipinski definition) is 3. The van der Waals surface area contributed by atoms with Gasteiger partial charge in [-0.25, -0.2) is 0 Å². The Kier molecular flexibility index (Phi) is 6.05. The highest BCUT2D eigenvalue weighted by Gasteiger charge is 2.33. The molecule has 0 saturated carbocycles. The number of ether oxygens (including phenoxy) is 1. The molecule has 124 valence electrons. The first-order valence-electron chi connectivity index (χ1n) is 7.87. The van der Waals surface area contributed by atoms with Crippen LogP contribution in [0.2, 0.25) is 0 Å². The van der Waals surface area contributed by atoms with Gasteiger partial charge in [0.05, 0.1) is 7.11 Å². The van der Waals surface area contributed by atoms with Crippen molar-refractivity contribution in [3.63, 3.8) is 0 Å². The summed E-state index contributed by atoms with van der Waals surface area (Å²) in [5.41, 5.74) is 9.03. The lowest BCUT2D eigenvalue weighted by Gasteiger charge is -2.25. The van der Waals surface area contributed by atoms with Crippen molar-refractivity contribution in [1.29, 1.82) is 0 Å². The molecule has 2 aromatic carbocycles. The Morgan fingerprint density at radius 2 is 1.83 bits per heavy atom. The third kappa shape index (κ3) is 3.86. The molecular weight excluding hydrogens is 308 g/mol. The molecule has 0 spiro atoms. The maximum absolute atomic E-state index is 6.41. The van der Waals surface area contributed by atoms with Gasteiger partial charge in [-0.05, 0) is 30.2 Å². The maximum Gasteiger partial charge on any atom is 0.119 e. The van der Waals surface area contributed by atoms with Crippen molar-refractivity contribution < 1.29 is 4.74 Å². The predicted molar refractivity (Wildman–Crippen MR) is 97.4 cm³/mol. The number of benzene rings is 2. The summed E-state index contributed by atoms with van der Waals surface area (Å²) in [5, 5.41) is 0. The molecule has 0 radical (unpaired) electrons. The standard InChI is InChI=1S/C19H24N2O.ClH/c1-14(16-9-6-10-17(11-16)22-2)21-12-18(19(20)13-21)15-7-4-3-5-8-15;/h3-11,14,18-19H,12-13,20H2,1-2H3;1H/t14?,18-,19+;/m0./s1. The van der Waals surface area contributed by atoms with E-state index < -0.39 is 0 Å². The molecule has 3 nitrogen and oxygen atoms in total. The molecule has 1 fully saturated rings. The van der Waals surface area contributed by atoms with Crippen LogP contribution in [0, 0.1) is 0 Å². The van der Waals surface area contributed by atoms with E-state index >= 15 is 0 Å². The van der Waals surface area contributed by atoms with Crippen LogP contribution in [0.3, 0.4) is 0 Å². The SMILES string of the molecule is COc1cccc(C(C)N2C[C@@H](N)[C@H](c3ccccc3)C2)c1.Cl. The summed E-state index contributed by atoms with van der Waals surface area (Å²) < 4.78 is 5.34. The second-order valence-electron chi connectivity index (χ2n) is 6.09. The zero-order valence-corrected chi connectivity index (χ0v) is 14.5. The van der Waals surface area contributed by atoms with Crippen LogP contribution in [0.1, 0.15) is 30.0 Å². The Labute approximate surface area is 144 Å². The summed E-state index contributed by atoms with van der Waals surface area (Å²) in [5.74, 6) is 1.32. The van der Waals surface area contributed by atoms with E-state index in [9.17, 15) is 0 Å². The number of nitrogens with zero attached hydrogens (tertiary/aromatic N) is 1. The highest BCUT2D eigenvalue weighted by atomic mass is 35.5. The van der Waals surface area contributed by atoms with Crippen molar-refractivity contribution >= 4 is 12.4 Å². The minimum atomic E-state index is 0. The molecule has 3 rings (SSSR count). The van der Waals surface area contributed by atoms with Gasteiger partial charge in [-0.15, -0.1) is 12.4 Å². The summed E-state index contributed by atoms with van der Waals surface area (Å²) in [6, 6.07) is 19.5. The van der Waals surface area contributed by atoms with Gasteiger partial charge in [0, 0.05) is 31.1 Å². The van der Waals surface area contributed by atoms with Crippen molar-refractivity contribution in [1.82, 2.24) is 4.90 Å². The van der Waals surface area contributed by atoms with Gasteiger partial charge >= 0.3 is 0 Å². The summed E-state index contributed by atoms with van der Waals surface area (Å²) in [4.78, 5) is 2.47. The molecule has 0 amide bonds. The Hall–Kier alpha value is -1.55. The van der Waals surface area contributed by atoms with Crippen molar-refractivity contribution in [3.8, 4) is 5.75 Å². The average Bonchev–Trinajstić information content (AvgIpc) is 2.97. The van der Waals surface area contributed by atoms with E-state index in [1.54, 1.807) is 7.11 Å². The van der Waals surface area contributed by atoms with Crippen LogP contribution in [0.5, 0.6) is 5.75 Å². The van der Waals surface area contributed by atoms with Crippen LogP contribution >= 0.6 is 12.4 Å². The van der Waals surface area contributed by atoms with Crippen LogP contribution in [0.4, 0.5) is 0 Å². The molecule has 0 aliphatic carbocycles. The second kappa shape index (κ2) is 7.82. The minimum absolute atomic E-state index is 0. The van der Waals surface area contributed by atoms with E-state index in [2.05, 4.69) is 60.4 Å². The van der Waals surface area contributed by atoms with Crippen LogP contribution < -0.4 is 10.5 Å². The maximum atomic E-state index is 6.41. The minimum Gasteiger partial charge on any atom is -0.497 e. The number of nitrogens with two attached hydrogens (primary N) is 1. The van der Waals surface area contributed by atoms with Crippen molar-refractivity contribution in [3.05, 3.63) is 65.7 Å². The molecule has 1 aliphatic rings. The number of hydrogen-bond donors (Lipinski definition) is 1. The topological polar surface area (TPSA) is 38.5 Å². The van der Waals surface area contributed by atoms with E-state index in [0.717, 1.165) is 18.8 Å². The lowest BCUT2D eigenvalue weighted by molar-refractivity contribution is 0.256.